The molecule has 22 aromatic rings. The molecule has 14 aromatic carbocycles. The summed E-state index contributed by atoms with van der Waals surface area (Å²) in [6.07, 6.45) is 0.782. The molecule has 0 radical (unpaired) electrons. The summed E-state index contributed by atoms with van der Waals surface area (Å²) in [6.45, 7) is 40.0. The molecule has 0 aliphatic heterocycles. The van der Waals surface area contributed by atoms with Crippen molar-refractivity contribution in [3.63, 3.8) is 0 Å². The van der Waals surface area contributed by atoms with Crippen LogP contribution >= 0.6 is 0 Å². The summed E-state index contributed by atoms with van der Waals surface area (Å²) < 4.78 is 15.6. The smallest absolute Gasteiger partial charge is 0.0622 e. The Balaban J connectivity index is 0.745. The monoisotopic (exact) mass is 1480 g/mol. The minimum absolute atomic E-state index is 0.0000264. The molecule has 0 N–H and O–H groups in total. The van der Waals surface area contributed by atoms with Crippen LogP contribution in [0.15, 0.2) is 261 Å². The molecule has 0 saturated heterocycles. The zero-order valence-electron chi connectivity index (χ0n) is 68.7. The average Bonchev–Trinajstić information content (AvgIpc) is 1.52. The number of hydrogen-bond donors (Lipinski definition) is 0. The molecular weight excluding hydrogens is 1380 g/mol. The second-order valence-electron chi connectivity index (χ2n) is 39.1. The van der Waals surface area contributed by atoms with E-state index in [1.165, 1.54) is 225 Å². The molecule has 22 rings (SSSR count). The molecule has 8 heterocycles. The van der Waals surface area contributed by atoms with Gasteiger partial charge in [0.15, 0.2) is 0 Å². The number of benzene rings is 14. The van der Waals surface area contributed by atoms with E-state index in [1.54, 1.807) is 0 Å². The van der Waals surface area contributed by atoms with Crippen LogP contribution in [-0.2, 0) is 38.9 Å². The highest BCUT2D eigenvalue weighted by molar-refractivity contribution is 6.30. The van der Waals surface area contributed by atoms with E-state index >= 15 is 0 Å². The number of para-hydroxylation sites is 4. The van der Waals surface area contributed by atoms with Crippen LogP contribution in [0.25, 0.3) is 186 Å². The average molecular weight is 1480 g/mol. The van der Waals surface area contributed by atoms with Crippen molar-refractivity contribution in [3.05, 3.63) is 300 Å². The third-order valence-corrected chi connectivity index (χ3v) is 26.4. The normalized spacial score (nSPS) is 13.5. The first kappa shape index (κ1) is 68.7. The molecule has 0 atom stereocenters. The lowest BCUT2D eigenvalue weighted by molar-refractivity contribution is 0.524. The van der Waals surface area contributed by atoms with E-state index in [2.05, 4.69) is 406 Å². The Labute approximate surface area is 665 Å². The molecule has 6 nitrogen and oxygen atoms in total. The summed E-state index contributed by atoms with van der Waals surface area (Å²) in [5.41, 5.74) is 30.7. The van der Waals surface area contributed by atoms with Crippen LogP contribution in [0.1, 0.15) is 157 Å². The topological polar surface area (TPSA) is 28.5 Å². The number of nitrogens with zero attached hydrogens (tertiary/aromatic N) is 6. The fraction of sp³-hybridized carbons (Fsp3) is 0.222. The van der Waals surface area contributed by atoms with Gasteiger partial charge in [-0.05, 0) is 205 Å². The third kappa shape index (κ3) is 9.54. The Hall–Kier alpha value is -12.1. The van der Waals surface area contributed by atoms with Gasteiger partial charge in [0, 0.05) is 86.2 Å². The fourth-order valence-electron chi connectivity index (χ4n) is 20.5. The van der Waals surface area contributed by atoms with Crippen LogP contribution in [-0.4, -0.2) is 27.1 Å². The highest BCUT2D eigenvalue weighted by Gasteiger charge is 2.34. The second kappa shape index (κ2) is 23.1. The third-order valence-electron chi connectivity index (χ3n) is 26.4. The summed E-state index contributed by atoms with van der Waals surface area (Å²) in [5, 5.41) is 20.3. The van der Waals surface area contributed by atoms with Crippen molar-refractivity contribution in [3.8, 4) is 22.7 Å². The Morgan fingerprint density at radius 1 is 0.193 bits per heavy atom. The lowest BCUT2D eigenvalue weighted by Crippen LogP contribution is -2.21. The summed E-state index contributed by atoms with van der Waals surface area (Å²) >= 11 is 0. The van der Waals surface area contributed by atoms with Gasteiger partial charge in [0.25, 0.3) is 0 Å². The number of rotatable bonds is 7. The van der Waals surface area contributed by atoms with Gasteiger partial charge in [0.1, 0.15) is 0 Å². The van der Waals surface area contributed by atoms with E-state index in [4.69, 9.17) is 0 Å². The largest absolute Gasteiger partial charge is 0.309 e. The molecule has 0 unspecified atom stereocenters. The summed E-state index contributed by atoms with van der Waals surface area (Å²) in [4.78, 5) is 0. The molecule has 0 amide bonds. The van der Waals surface area contributed by atoms with Crippen molar-refractivity contribution in [2.24, 2.45) is 0 Å². The van der Waals surface area contributed by atoms with Gasteiger partial charge in [-0.25, -0.2) is 0 Å². The van der Waals surface area contributed by atoms with Crippen molar-refractivity contribution < 1.29 is 0 Å². The van der Waals surface area contributed by atoms with Crippen LogP contribution < -0.4 is 0 Å². The van der Waals surface area contributed by atoms with Crippen molar-refractivity contribution in [1.82, 2.24) is 27.1 Å². The van der Waals surface area contributed by atoms with Crippen molar-refractivity contribution in [2.75, 3.05) is 0 Å². The molecule has 558 valence electrons. The van der Waals surface area contributed by atoms with Crippen LogP contribution in [0.4, 0.5) is 0 Å². The van der Waals surface area contributed by atoms with Gasteiger partial charge < -0.3 is 27.1 Å². The zero-order chi connectivity index (χ0) is 78.2. The zero-order valence-corrected chi connectivity index (χ0v) is 68.7. The molecular formula is C108H96N6. The highest BCUT2D eigenvalue weighted by Crippen LogP contribution is 2.52. The van der Waals surface area contributed by atoms with Crippen LogP contribution in [0.2, 0.25) is 0 Å². The lowest BCUT2D eigenvalue weighted by atomic mass is 9.78. The van der Waals surface area contributed by atoms with E-state index in [-0.39, 0.29) is 32.5 Å². The van der Waals surface area contributed by atoms with Gasteiger partial charge in [0.2, 0.25) is 0 Å². The van der Waals surface area contributed by atoms with Gasteiger partial charge in [0.05, 0.1) is 100.0 Å². The van der Waals surface area contributed by atoms with Gasteiger partial charge in [-0.1, -0.05) is 251 Å². The first-order chi connectivity index (χ1) is 54.5. The van der Waals surface area contributed by atoms with Crippen LogP contribution in [0, 0.1) is 0 Å². The molecule has 8 aromatic heterocycles. The van der Waals surface area contributed by atoms with Crippen molar-refractivity contribution in [2.45, 2.75) is 157 Å². The number of aromatic nitrogens is 6. The Morgan fingerprint density at radius 3 is 0.798 bits per heavy atom. The predicted molar refractivity (Wildman–Crippen MR) is 490 cm³/mol. The van der Waals surface area contributed by atoms with Crippen LogP contribution in [0.3, 0.4) is 0 Å². The first-order valence-electron chi connectivity index (χ1n) is 41.2. The van der Waals surface area contributed by atoms with E-state index in [0.717, 1.165) is 6.42 Å². The molecule has 0 aliphatic rings. The maximum absolute atomic E-state index is 2.68. The van der Waals surface area contributed by atoms with Gasteiger partial charge in [-0.3, -0.25) is 0 Å². The summed E-state index contributed by atoms with van der Waals surface area (Å²) in [7, 11) is 0. The van der Waals surface area contributed by atoms with E-state index in [9.17, 15) is 0 Å². The maximum atomic E-state index is 2.68. The number of hydrogen-bond acceptors (Lipinski definition) is 0. The Morgan fingerprint density at radius 2 is 0.447 bits per heavy atom. The SMILES string of the molecule is CC(C)(C)c1ccc2c(c1)c1cc(C(C)(C)C)ccc1n2-c1cccc2c1c1cccc3c4c(-n5c6ccc(C(C)(C)C)cc6c6cc(C(C)(C)Cc7ccc(-n8c9ccccc9c9cc(C(C)(C)C)ccc98)c8c9cccc%10c%11c(-n%12c%13ccccc%13c%13cc(C(C)(C)C)ccc%13%12)cccc%11n(c78)c%109)ccc65)cccc4n2c13. The lowest BCUT2D eigenvalue weighted by Gasteiger charge is -2.27. The van der Waals surface area contributed by atoms with Gasteiger partial charge >= 0.3 is 0 Å². The maximum Gasteiger partial charge on any atom is 0.0622 e. The molecule has 0 fully saturated rings. The minimum atomic E-state index is -0.357. The summed E-state index contributed by atoms with van der Waals surface area (Å²) in [6, 6.07) is 102. The molecule has 0 bridgehead atoms. The highest BCUT2D eigenvalue weighted by atomic mass is 15.0. The van der Waals surface area contributed by atoms with Crippen molar-refractivity contribution >= 4 is 163 Å². The fourth-order valence-corrected chi connectivity index (χ4v) is 20.5. The second-order valence-corrected chi connectivity index (χ2v) is 39.1. The number of fused-ring (bicyclic) bond motifs is 24. The molecule has 0 aliphatic carbocycles. The quantitative estimate of drug-likeness (QED) is 0.152. The van der Waals surface area contributed by atoms with Crippen LogP contribution in [0.5, 0.6) is 0 Å². The van der Waals surface area contributed by atoms with Gasteiger partial charge in [-0.15, -0.1) is 0 Å². The first-order valence-corrected chi connectivity index (χ1v) is 41.2. The molecule has 6 heteroatoms. The Kier molecular flexibility index (Phi) is 13.9. The van der Waals surface area contributed by atoms with Gasteiger partial charge in [-0.2, -0.15) is 0 Å². The minimum Gasteiger partial charge on any atom is -0.309 e. The molecule has 114 heavy (non-hydrogen) atoms. The van der Waals surface area contributed by atoms with Crippen molar-refractivity contribution in [1.29, 1.82) is 0 Å². The van der Waals surface area contributed by atoms with E-state index in [0.29, 0.717) is 0 Å². The Bertz CT molecular complexity index is 7840. The van der Waals surface area contributed by atoms with E-state index in [1.807, 2.05) is 0 Å². The molecule has 0 saturated carbocycles. The predicted octanol–water partition coefficient (Wildman–Crippen LogP) is 29.4. The summed E-state index contributed by atoms with van der Waals surface area (Å²) in [5.74, 6) is 0. The standard InChI is InChI=1S/C108H96N6/c1-103(2,3)63-42-49-83-75(55-63)69-27-18-20-33-81(69)109(83)91-37-26-40-94-98(91)73-31-23-32-74-99-95(110-82-34-21-19-28-70(82)76-56-64(104(4,5)6)43-50-84(76)110)48-41-62(100(99)114(94)102(73)74)61-108(16,17)68-47-54-88-80(60-68)79-59-67(107(13,14)15)46-53-87(79)112(88)90-36-25-39-93-97(90)72-30-22-29-71-96-89(35-24-38-92(96)113(93)101(71)72)111-85-51-44-65(105(7,8)9)57-77(85)78-58-66(106(10,11)12)45-52-86(78)111/h18-60H,61H2,1-17H3. The van der Waals surface area contributed by atoms with E-state index < -0.39 is 0 Å². The molecule has 0 spiro atoms.